The van der Waals surface area contributed by atoms with Crippen molar-refractivity contribution in [2.75, 3.05) is 26.7 Å². The summed E-state index contributed by atoms with van der Waals surface area (Å²) in [7, 11) is 3.67. The number of fused-ring (bicyclic) bond motifs is 2. The van der Waals surface area contributed by atoms with Crippen LogP contribution in [0.15, 0.2) is 0 Å². The van der Waals surface area contributed by atoms with E-state index < -0.39 is 0 Å². The number of ether oxygens (including phenoxy) is 1. The molecule has 1 aromatic rings. The molecule has 0 radical (unpaired) electrons. The normalized spacial score (nSPS) is 27.0. The maximum absolute atomic E-state index is 13.1. The van der Waals surface area contributed by atoms with Crippen molar-refractivity contribution in [3.05, 3.63) is 17.0 Å². The molecule has 0 N–H and O–H groups in total. The summed E-state index contributed by atoms with van der Waals surface area (Å²) in [6.07, 6.45) is 4.49. The Labute approximate surface area is 141 Å². The summed E-state index contributed by atoms with van der Waals surface area (Å²) in [6.45, 7) is 1.51. The molecule has 3 heterocycles. The molecule has 24 heavy (non-hydrogen) atoms. The van der Waals surface area contributed by atoms with Crippen molar-refractivity contribution in [1.29, 1.82) is 0 Å². The van der Waals surface area contributed by atoms with Crippen LogP contribution in [0.1, 0.15) is 41.0 Å². The summed E-state index contributed by atoms with van der Waals surface area (Å²) in [5, 5.41) is 4.55. The molecule has 0 bridgehead atoms. The smallest absolute Gasteiger partial charge is 0.272 e. The lowest BCUT2D eigenvalue weighted by Gasteiger charge is -2.25. The first-order valence-electron chi connectivity index (χ1n) is 8.77. The van der Waals surface area contributed by atoms with Crippen molar-refractivity contribution >= 4 is 11.8 Å². The van der Waals surface area contributed by atoms with E-state index in [-0.39, 0.29) is 24.0 Å². The number of likely N-dealkylation sites (N-methyl/N-ethyl adjacent to an activating group) is 1. The van der Waals surface area contributed by atoms with Gasteiger partial charge in [-0.25, -0.2) is 0 Å². The Balaban J connectivity index is 1.58. The lowest BCUT2D eigenvalue weighted by atomic mass is 9.95. The summed E-state index contributed by atoms with van der Waals surface area (Å²) >= 11 is 0. The number of rotatable bonds is 1. The van der Waals surface area contributed by atoms with Gasteiger partial charge in [0.2, 0.25) is 5.91 Å². The van der Waals surface area contributed by atoms with Crippen molar-refractivity contribution in [2.24, 2.45) is 7.05 Å². The second-order valence-corrected chi connectivity index (χ2v) is 7.05. The predicted octanol–water partition coefficient (Wildman–Crippen LogP) is 0.371. The molecule has 0 saturated carbocycles. The number of hydrogen-bond acceptors (Lipinski definition) is 4. The highest BCUT2D eigenvalue weighted by atomic mass is 16.5. The number of aryl methyl sites for hydroxylation is 2. The van der Waals surface area contributed by atoms with Crippen LogP contribution in [0.5, 0.6) is 0 Å². The number of nitrogens with zero attached hydrogens (tertiary/aromatic N) is 4. The Bertz CT molecular complexity index is 684. The van der Waals surface area contributed by atoms with E-state index in [1.54, 1.807) is 9.58 Å². The maximum atomic E-state index is 13.1. The summed E-state index contributed by atoms with van der Waals surface area (Å²) < 4.78 is 7.57. The van der Waals surface area contributed by atoms with Crippen LogP contribution >= 0.6 is 0 Å². The van der Waals surface area contributed by atoms with Crippen LogP contribution in [0.3, 0.4) is 0 Å². The van der Waals surface area contributed by atoms with E-state index in [9.17, 15) is 9.59 Å². The highest BCUT2D eigenvalue weighted by Crippen LogP contribution is 2.28. The number of hydrogen-bond donors (Lipinski definition) is 0. The Hall–Kier alpha value is -1.89. The summed E-state index contributed by atoms with van der Waals surface area (Å²) in [6, 6.07) is -0.0481. The van der Waals surface area contributed by atoms with Crippen molar-refractivity contribution in [3.8, 4) is 0 Å². The quantitative estimate of drug-likeness (QED) is 0.745. The van der Waals surface area contributed by atoms with E-state index >= 15 is 0 Å². The first-order chi connectivity index (χ1) is 11.6. The lowest BCUT2D eigenvalue weighted by Crippen LogP contribution is -2.43. The molecule has 3 aliphatic rings. The number of aromatic nitrogens is 2. The molecular weight excluding hydrogens is 308 g/mol. The monoisotopic (exact) mass is 332 g/mol. The molecule has 0 aromatic carbocycles. The van der Waals surface area contributed by atoms with E-state index in [1.165, 1.54) is 0 Å². The second-order valence-electron chi connectivity index (χ2n) is 7.05. The van der Waals surface area contributed by atoms with E-state index in [0.29, 0.717) is 26.1 Å². The summed E-state index contributed by atoms with van der Waals surface area (Å²) in [4.78, 5) is 28.7. The van der Waals surface area contributed by atoms with Crippen LogP contribution < -0.4 is 0 Å². The molecule has 0 unspecified atom stereocenters. The van der Waals surface area contributed by atoms with E-state index in [1.807, 2.05) is 19.0 Å². The molecule has 2 aliphatic heterocycles. The predicted molar refractivity (Wildman–Crippen MR) is 86.7 cm³/mol. The van der Waals surface area contributed by atoms with Crippen LogP contribution in [-0.4, -0.2) is 70.3 Å². The first-order valence-corrected chi connectivity index (χ1v) is 8.77. The van der Waals surface area contributed by atoms with E-state index in [0.717, 1.165) is 42.6 Å². The zero-order valence-corrected chi connectivity index (χ0v) is 14.3. The minimum atomic E-state index is -0.0885. The van der Waals surface area contributed by atoms with Crippen molar-refractivity contribution < 1.29 is 14.3 Å². The Kier molecular flexibility index (Phi) is 3.83. The molecular formula is C17H24N4O3. The van der Waals surface area contributed by atoms with Crippen LogP contribution in [0, 0.1) is 0 Å². The highest BCUT2D eigenvalue weighted by molar-refractivity contribution is 5.94. The number of carbonyl (C=O) groups is 2. The standard InChI is InChI=1S/C17H24N4O3/c1-19-13-9-21(10-14(13)24-8-7-15(19)22)17(23)16-11-5-3-4-6-12(11)18-20(16)2/h13-14H,3-10H2,1-2H3/t13-,14-/m0/s1. The average molecular weight is 332 g/mol. The van der Waals surface area contributed by atoms with Gasteiger partial charge in [-0.1, -0.05) is 0 Å². The number of amides is 2. The van der Waals surface area contributed by atoms with Crippen LogP contribution in [0.25, 0.3) is 0 Å². The third-order valence-electron chi connectivity index (χ3n) is 5.58. The molecule has 2 fully saturated rings. The van der Waals surface area contributed by atoms with Gasteiger partial charge in [0.15, 0.2) is 0 Å². The zero-order chi connectivity index (χ0) is 16.8. The SMILES string of the molecule is CN1C(=O)CCO[C@H]2CN(C(=O)c3c4c(nn3C)CCCC4)C[C@@H]21. The third-order valence-corrected chi connectivity index (χ3v) is 5.58. The van der Waals surface area contributed by atoms with Crippen LogP contribution in [-0.2, 0) is 29.4 Å². The Morgan fingerprint density at radius 2 is 1.96 bits per heavy atom. The van der Waals surface area contributed by atoms with E-state index in [4.69, 9.17) is 4.74 Å². The van der Waals surface area contributed by atoms with Gasteiger partial charge in [-0.3, -0.25) is 14.3 Å². The topological polar surface area (TPSA) is 67.7 Å². The lowest BCUT2D eigenvalue weighted by molar-refractivity contribution is -0.131. The van der Waals surface area contributed by atoms with Gasteiger partial charge in [-0.2, -0.15) is 5.10 Å². The van der Waals surface area contributed by atoms with Gasteiger partial charge in [0.25, 0.3) is 5.91 Å². The van der Waals surface area contributed by atoms with Gasteiger partial charge in [-0.05, 0) is 25.7 Å². The maximum Gasteiger partial charge on any atom is 0.272 e. The minimum Gasteiger partial charge on any atom is -0.374 e. The first kappa shape index (κ1) is 15.6. The highest BCUT2D eigenvalue weighted by Gasteiger charge is 2.42. The van der Waals surface area contributed by atoms with Gasteiger partial charge >= 0.3 is 0 Å². The van der Waals surface area contributed by atoms with Crippen molar-refractivity contribution in [1.82, 2.24) is 19.6 Å². The molecule has 0 spiro atoms. The van der Waals surface area contributed by atoms with Gasteiger partial charge in [0.05, 0.1) is 30.9 Å². The van der Waals surface area contributed by atoms with Gasteiger partial charge in [0.1, 0.15) is 5.69 Å². The fourth-order valence-corrected chi connectivity index (χ4v) is 4.22. The van der Waals surface area contributed by atoms with Gasteiger partial charge < -0.3 is 14.5 Å². The number of carbonyl (C=O) groups excluding carboxylic acids is 2. The van der Waals surface area contributed by atoms with Crippen molar-refractivity contribution in [2.45, 2.75) is 44.2 Å². The van der Waals surface area contributed by atoms with Crippen LogP contribution in [0.2, 0.25) is 0 Å². The molecule has 130 valence electrons. The Morgan fingerprint density at radius 1 is 1.17 bits per heavy atom. The molecule has 7 nitrogen and oxygen atoms in total. The molecule has 2 saturated heterocycles. The average Bonchev–Trinajstić information content (AvgIpc) is 3.10. The largest absolute Gasteiger partial charge is 0.374 e. The van der Waals surface area contributed by atoms with Crippen molar-refractivity contribution in [3.63, 3.8) is 0 Å². The summed E-state index contributed by atoms with van der Waals surface area (Å²) in [5.41, 5.74) is 2.91. The van der Waals surface area contributed by atoms with Gasteiger partial charge in [-0.15, -0.1) is 0 Å². The molecule has 1 aromatic heterocycles. The van der Waals surface area contributed by atoms with E-state index in [2.05, 4.69) is 5.10 Å². The molecule has 2 atom stereocenters. The fraction of sp³-hybridized carbons (Fsp3) is 0.706. The van der Waals surface area contributed by atoms with Crippen LogP contribution in [0.4, 0.5) is 0 Å². The summed E-state index contributed by atoms with van der Waals surface area (Å²) in [5.74, 6) is 0.111. The molecule has 7 heteroatoms. The minimum absolute atomic E-state index is 0.0191. The molecule has 4 rings (SSSR count). The molecule has 1 aliphatic carbocycles. The fourth-order valence-electron chi connectivity index (χ4n) is 4.22. The number of likely N-dealkylation sites (tertiary alicyclic amines) is 1. The zero-order valence-electron chi connectivity index (χ0n) is 14.3. The third kappa shape index (κ3) is 2.42. The second kappa shape index (κ2) is 5.88. The van der Waals surface area contributed by atoms with Gasteiger partial charge in [0, 0.05) is 32.7 Å². The Morgan fingerprint density at radius 3 is 2.79 bits per heavy atom. The molecule has 2 amide bonds.